The van der Waals surface area contributed by atoms with Gasteiger partial charge in [-0.15, -0.1) is 0 Å². The van der Waals surface area contributed by atoms with Crippen molar-refractivity contribution in [2.75, 3.05) is 0 Å². The molecule has 0 atom stereocenters. The molecule has 10 rings (SSSR count). The SMILES string of the molecule is CC(C)(C)c1ccccc1-n1c2ccc(-c3cc(-c4ccccc4)cc(-c4ccccc4)c3)cc2c2cc(-c3cc(-c4ccccc4)cc(-c4ccccc4)c3)ccc21. The van der Waals surface area contributed by atoms with Gasteiger partial charge in [-0.25, -0.2) is 0 Å². The predicted octanol–water partition coefficient (Wildman–Crippen LogP) is 16.1. The monoisotopic (exact) mass is 755 g/mol. The van der Waals surface area contributed by atoms with E-state index in [4.69, 9.17) is 0 Å². The van der Waals surface area contributed by atoms with Gasteiger partial charge in [0.15, 0.2) is 0 Å². The highest BCUT2D eigenvalue weighted by molar-refractivity contribution is 6.12. The highest BCUT2D eigenvalue weighted by atomic mass is 15.0. The van der Waals surface area contributed by atoms with Crippen molar-refractivity contribution in [3.8, 4) is 72.4 Å². The molecule has 0 unspecified atom stereocenters. The second-order valence-electron chi connectivity index (χ2n) is 16.6. The third-order valence-electron chi connectivity index (χ3n) is 11.7. The molecule has 0 spiro atoms. The Morgan fingerprint density at radius 2 is 0.576 bits per heavy atom. The molecular weight excluding hydrogens is 711 g/mol. The lowest BCUT2D eigenvalue weighted by molar-refractivity contribution is 0.587. The summed E-state index contributed by atoms with van der Waals surface area (Å²) in [6, 6.07) is 80.0. The van der Waals surface area contributed by atoms with E-state index < -0.39 is 0 Å². The number of fused-ring (bicyclic) bond motifs is 3. The van der Waals surface area contributed by atoms with Crippen molar-refractivity contribution in [1.82, 2.24) is 4.57 Å². The number of hydrogen-bond acceptors (Lipinski definition) is 0. The van der Waals surface area contributed by atoms with Gasteiger partial charge in [0.2, 0.25) is 0 Å². The molecule has 0 radical (unpaired) electrons. The first-order chi connectivity index (χ1) is 28.9. The third-order valence-corrected chi connectivity index (χ3v) is 11.7. The molecule has 1 aromatic heterocycles. The summed E-state index contributed by atoms with van der Waals surface area (Å²) in [4.78, 5) is 0. The van der Waals surface area contributed by atoms with Crippen LogP contribution in [0.3, 0.4) is 0 Å². The number of hydrogen-bond donors (Lipinski definition) is 0. The summed E-state index contributed by atoms with van der Waals surface area (Å²) < 4.78 is 2.49. The van der Waals surface area contributed by atoms with Crippen LogP contribution in [-0.4, -0.2) is 4.57 Å². The Kier molecular flexibility index (Phi) is 9.15. The Hall–Kier alpha value is -7.22. The summed E-state index contributed by atoms with van der Waals surface area (Å²) in [7, 11) is 0. The fourth-order valence-electron chi connectivity index (χ4n) is 8.72. The first kappa shape index (κ1) is 36.1. The van der Waals surface area contributed by atoms with E-state index in [1.165, 1.54) is 99.8 Å². The van der Waals surface area contributed by atoms with Gasteiger partial charge in [-0.1, -0.05) is 172 Å². The minimum Gasteiger partial charge on any atom is -0.309 e. The van der Waals surface area contributed by atoms with Crippen LogP contribution < -0.4 is 0 Å². The maximum atomic E-state index is 2.49. The van der Waals surface area contributed by atoms with Crippen molar-refractivity contribution in [3.05, 3.63) is 224 Å². The zero-order valence-electron chi connectivity index (χ0n) is 33.7. The minimum absolute atomic E-state index is 0.0448. The molecule has 9 aromatic carbocycles. The third kappa shape index (κ3) is 6.96. The zero-order chi connectivity index (χ0) is 39.9. The quantitative estimate of drug-likeness (QED) is 0.153. The molecule has 1 heterocycles. The standard InChI is InChI=1S/C58H45N/c1-58(2,3)54-26-16-17-27-57(54)59-55-30-28-44(50-34-46(40-18-8-4-9-19-40)32-47(35-50)41-20-10-5-11-21-41)38-52(55)53-39-45(29-31-56(53)59)51-36-48(42-22-12-6-13-23-42)33-49(37-51)43-24-14-7-15-25-43/h4-39H,1-3H3. The fourth-order valence-corrected chi connectivity index (χ4v) is 8.72. The van der Waals surface area contributed by atoms with Crippen LogP contribution in [0.25, 0.3) is 94.3 Å². The highest BCUT2D eigenvalue weighted by Crippen LogP contribution is 2.42. The first-order valence-corrected chi connectivity index (χ1v) is 20.6. The van der Waals surface area contributed by atoms with Crippen molar-refractivity contribution in [2.24, 2.45) is 0 Å². The molecule has 0 saturated carbocycles. The van der Waals surface area contributed by atoms with Gasteiger partial charge in [-0.3, -0.25) is 0 Å². The molecule has 59 heavy (non-hydrogen) atoms. The van der Waals surface area contributed by atoms with Gasteiger partial charge in [0.1, 0.15) is 0 Å². The Morgan fingerprint density at radius 1 is 0.271 bits per heavy atom. The van der Waals surface area contributed by atoms with Crippen molar-refractivity contribution in [3.63, 3.8) is 0 Å². The van der Waals surface area contributed by atoms with Gasteiger partial charge in [0.25, 0.3) is 0 Å². The van der Waals surface area contributed by atoms with E-state index in [0.717, 1.165) is 0 Å². The van der Waals surface area contributed by atoms with E-state index in [9.17, 15) is 0 Å². The molecule has 0 amide bonds. The normalized spacial score (nSPS) is 11.6. The Bertz CT molecular complexity index is 2800. The van der Waals surface area contributed by atoms with Gasteiger partial charge in [0.05, 0.1) is 11.0 Å². The average Bonchev–Trinajstić information content (AvgIpc) is 3.62. The van der Waals surface area contributed by atoms with Crippen molar-refractivity contribution >= 4 is 21.8 Å². The molecule has 0 aliphatic carbocycles. The molecule has 0 N–H and O–H groups in total. The van der Waals surface area contributed by atoms with E-state index >= 15 is 0 Å². The second kappa shape index (κ2) is 14.9. The van der Waals surface area contributed by atoms with Gasteiger partial charge in [-0.2, -0.15) is 0 Å². The number of para-hydroxylation sites is 1. The van der Waals surface area contributed by atoms with Crippen molar-refractivity contribution in [1.29, 1.82) is 0 Å². The smallest absolute Gasteiger partial charge is 0.0541 e. The second-order valence-corrected chi connectivity index (χ2v) is 16.6. The molecule has 1 heteroatoms. The number of benzene rings is 9. The van der Waals surface area contributed by atoms with Crippen LogP contribution in [0.5, 0.6) is 0 Å². The van der Waals surface area contributed by atoms with Gasteiger partial charge < -0.3 is 4.57 Å². The topological polar surface area (TPSA) is 4.93 Å². The summed E-state index contributed by atoms with van der Waals surface area (Å²) >= 11 is 0. The largest absolute Gasteiger partial charge is 0.309 e. The van der Waals surface area contributed by atoms with E-state index in [-0.39, 0.29) is 5.41 Å². The Labute approximate surface area is 347 Å². The zero-order valence-corrected chi connectivity index (χ0v) is 33.7. The lowest BCUT2D eigenvalue weighted by Gasteiger charge is -2.24. The summed E-state index contributed by atoms with van der Waals surface area (Å²) in [5, 5.41) is 2.47. The summed E-state index contributed by atoms with van der Waals surface area (Å²) in [5.74, 6) is 0. The molecule has 0 aliphatic rings. The lowest BCUT2D eigenvalue weighted by Crippen LogP contribution is -2.15. The van der Waals surface area contributed by atoms with Crippen LogP contribution in [0.2, 0.25) is 0 Å². The average molecular weight is 756 g/mol. The van der Waals surface area contributed by atoms with Crippen LogP contribution in [0.1, 0.15) is 26.3 Å². The summed E-state index contributed by atoms with van der Waals surface area (Å²) in [5.41, 5.74) is 19.3. The van der Waals surface area contributed by atoms with E-state index in [1.54, 1.807) is 0 Å². The minimum atomic E-state index is -0.0448. The van der Waals surface area contributed by atoms with Gasteiger partial charge >= 0.3 is 0 Å². The Balaban J connectivity index is 1.22. The molecule has 282 valence electrons. The van der Waals surface area contributed by atoms with Gasteiger partial charge in [0, 0.05) is 16.5 Å². The molecular formula is C58H45N. The van der Waals surface area contributed by atoms with E-state index in [0.29, 0.717) is 0 Å². The van der Waals surface area contributed by atoms with E-state index in [2.05, 4.69) is 244 Å². The molecule has 1 nitrogen and oxygen atoms in total. The van der Waals surface area contributed by atoms with Crippen molar-refractivity contribution in [2.45, 2.75) is 26.2 Å². The van der Waals surface area contributed by atoms with E-state index in [1.807, 2.05) is 0 Å². The van der Waals surface area contributed by atoms with Crippen LogP contribution in [0, 0.1) is 0 Å². The number of rotatable bonds is 7. The lowest BCUT2D eigenvalue weighted by atomic mass is 9.85. The van der Waals surface area contributed by atoms with Crippen molar-refractivity contribution < 1.29 is 0 Å². The Morgan fingerprint density at radius 3 is 0.915 bits per heavy atom. The van der Waals surface area contributed by atoms with Crippen LogP contribution in [-0.2, 0) is 5.41 Å². The van der Waals surface area contributed by atoms with Crippen LogP contribution >= 0.6 is 0 Å². The molecule has 0 aliphatic heterocycles. The molecule has 0 saturated heterocycles. The summed E-state index contributed by atoms with van der Waals surface area (Å²) in [6.45, 7) is 6.93. The van der Waals surface area contributed by atoms with Crippen LogP contribution in [0.4, 0.5) is 0 Å². The molecule has 0 bridgehead atoms. The first-order valence-electron chi connectivity index (χ1n) is 20.6. The fraction of sp³-hybridized carbons (Fsp3) is 0.0690. The van der Waals surface area contributed by atoms with Gasteiger partial charge in [-0.05, 0) is 144 Å². The number of aromatic nitrogens is 1. The van der Waals surface area contributed by atoms with Crippen LogP contribution in [0.15, 0.2) is 218 Å². The highest BCUT2D eigenvalue weighted by Gasteiger charge is 2.22. The molecule has 10 aromatic rings. The number of nitrogens with zero attached hydrogens (tertiary/aromatic N) is 1. The maximum absolute atomic E-state index is 2.49. The summed E-state index contributed by atoms with van der Waals surface area (Å²) in [6.07, 6.45) is 0. The molecule has 0 fully saturated rings. The maximum Gasteiger partial charge on any atom is 0.0541 e. The predicted molar refractivity (Wildman–Crippen MR) is 252 cm³/mol.